The normalized spacial score (nSPS) is 12.8. The van der Waals surface area contributed by atoms with Gasteiger partial charge in [0.05, 0.1) is 11.1 Å². The summed E-state index contributed by atoms with van der Waals surface area (Å²) in [4.78, 5) is 2.44. The summed E-state index contributed by atoms with van der Waals surface area (Å²) in [7, 11) is 0. The topological polar surface area (TPSA) is 3.24 Å². The molecular formula is C63H41N. The number of benzene rings is 11. The Morgan fingerprint density at radius 3 is 1.53 bits per heavy atom. The van der Waals surface area contributed by atoms with Gasteiger partial charge in [-0.15, -0.1) is 0 Å². The molecular weight excluding hydrogens is 771 g/mol. The molecule has 0 bridgehead atoms. The van der Waals surface area contributed by atoms with Gasteiger partial charge in [-0.1, -0.05) is 218 Å². The molecule has 64 heavy (non-hydrogen) atoms. The maximum Gasteiger partial charge on any atom is 0.0725 e. The smallest absolute Gasteiger partial charge is 0.0725 e. The van der Waals surface area contributed by atoms with Gasteiger partial charge >= 0.3 is 0 Å². The van der Waals surface area contributed by atoms with E-state index >= 15 is 0 Å². The van der Waals surface area contributed by atoms with E-state index in [1.54, 1.807) is 0 Å². The van der Waals surface area contributed by atoms with E-state index in [9.17, 15) is 0 Å². The second-order valence-electron chi connectivity index (χ2n) is 17.1. The second-order valence-corrected chi connectivity index (χ2v) is 17.1. The average Bonchev–Trinajstić information content (AvgIpc) is 3.85. The zero-order valence-corrected chi connectivity index (χ0v) is 35.1. The number of nitrogens with zero attached hydrogens (tertiary/aromatic N) is 1. The Balaban J connectivity index is 1.02. The molecule has 13 rings (SSSR count). The highest BCUT2D eigenvalue weighted by molar-refractivity contribution is 6.10. The van der Waals surface area contributed by atoms with Crippen LogP contribution < -0.4 is 4.90 Å². The van der Waals surface area contributed by atoms with Crippen molar-refractivity contribution in [2.75, 3.05) is 4.90 Å². The molecule has 1 nitrogen and oxygen atoms in total. The molecule has 0 unspecified atom stereocenters. The minimum Gasteiger partial charge on any atom is -0.310 e. The molecule has 0 saturated carbocycles. The van der Waals surface area contributed by atoms with E-state index in [2.05, 4.69) is 254 Å². The molecule has 11 aromatic rings. The first-order chi connectivity index (χ1) is 31.8. The SMILES string of the molecule is c1ccc(-c2cccc(N(c3ccc4ccccc4c3)c3ccc(-c4ccccc4-c4cccc5c4-c4ccccc4C54c5ccccc5-c5ccccc54)c4ccccc34)c2)cc1. The predicted octanol–water partition coefficient (Wildman–Crippen LogP) is 16.8. The number of fused-ring (bicyclic) bond motifs is 12. The lowest BCUT2D eigenvalue weighted by Crippen LogP contribution is -2.25. The van der Waals surface area contributed by atoms with Crippen LogP contribution in [0, 0.1) is 0 Å². The van der Waals surface area contributed by atoms with Gasteiger partial charge in [-0.2, -0.15) is 0 Å². The highest BCUT2D eigenvalue weighted by Crippen LogP contribution is 2.64. The Morgan fingerprint density at radius 2 is 0.781 bits per heavy atom. The van der Waals surface area contributed by atoms with Crippen molar-refractivity contribution in [3.05, 3.63) is 271 Å². The Labute approximate surface area is 373 Å². The molecule has 0 aromatic heterocycles. The maximum absolute atomic E-state index is 2.44. The van der Waals surface area contributed by atoms with E-state index in [1.807, 2.05) is 0 Å². The molecule has 0 saturated heterocycles. The van der Waals surface area contributed by atoms with Crippen LogP contribution in [0.4, 0.5) is 17.1 Å². The fraction of sp³-hybridized carbons (Fsp3) is 0.0159. The summed E-state index contributed by atoms with van der Waals surface area (Å²) in [6, 6.07) is 92.0. The van der Waals surface area contributed by atoms with Gasteiger partial charge in [0.15, 0.2) is 0 Å². The van der Waals surface area contributed by atoms with Gasteiger partial charge in [-0.25, -0.2) is 0 Å². The van der Waals surface area contributed by atoms with Crippen LogP contribution in [-0.4, -0.2) is 0 Å². The third-order valence-electron chi connectivity index (χ3n) is 13.9. The summed E-state index contributed by atoms with van der Waals surface area (Å²) in [5, 5.41) is 4.83. The van der Waals surface area contributed by atoms with Crippen molar-refractivity contribution in [2.45, 2.75) is 5.41 Å². The Bertz CT molecular complexity index is 3590. The monoisotopic (exact) mass is 811 g/mol. The lowest BCUT2D eigenvalue weighted by atomic mass is 9.70. The van der Waals surface area contributed by atoms with Gasteiger partial charge in [-0.3, -0.25) is 0 Å². The quantitative estimate of drug-likeness (QED) is 0.162. The Hall–Kier alpha value is -8.26. The first-order valence-corrected chi connectivity index (χ1v) is 22.3. The fourth-order valence-corrected chi connectivity index (χ4v) is 11.2. The van der Waals surface area contributed by atoms with E-state index < -0.39 is 5.41 Å². The second kappa shape index (κ2) is 14.4. The molecule has 0 heterocycles. The number of rotatable bonds is 6. The molecule has 298 valence electrons. The summed E-state index contributed by atoms with van der Waals surface area (Å²) < 4.78 is 0. The molecule has 1 heteroatoms. The molecule has 1 spiro atoms. The zero-order chi connectivity index (χ0) is 42.2. The van der Waals surface area contributed by atoms with E-state index in [0.29, 0.717) is 0 Å². The zero-order valence-electron chi connectivity index (χ0n) is 35.1. The van der Waals surface area contributed by atoms with E-state index in [4.69, 9.17) is 0 Å². The van der Waals surface area contributed by atoms with Crippen molar-refractivity contribution < 1.29 is 0 Å². The summed E-state index contributed by atoms with van der Waals surface area (Å²) in [5.41, 5.74) is 20.9. The summed E-state index contributed by atoms with van der Waals surface area (Å²) >= 11 is 0. The van der Waals surface area contributed by atoms with E-state index in [1.165, 1.54) is 99.4 Å². The molecule has 0 amide bonds. The van der Waals surface area contributed by atoms with Gasteiger partial charge in [0.2, 0.25) is 0 Å². The van der Waals surface area contributed by atoms with Gasteiger partial charge in [0, 0.05) is 16.8 Å². The summed E-state index contributed by atoms with van der Waals surface area (Å²) in [6.45, 7) is 0. The largest absolute Gasteiger partial charge is 0.310 e. The lowest BCUT2D eigenvalue weighted by molar-refractivity contribution is 0.794. The lowest BCUT2D eigenvalue weighted by Gasteiger charge is -2.30. The summed E-state index contributed by atoms with van der Waals surface area (Å²) in [6.07, 6.45) is 0. The van der Waals surface area contributed by atoms with Gasteiger partial charge < -0.3 is 4.90 Å². The van der Waals surface area contributed by atoms with Crippen molar-refractivity contribution in [1.29, 1.82) is 0 Å². The van der Waals surface area contributed by atoms with Gasteiger partial charge in [0.1, 0.15) is 0 Å². The molecule has 0 fully saturated rings. The molecule has 0 N–H and O–H groups in total. The highest BCUT2D eigenvalue weighted by Gasteiger charge is 2.52. The number of hydrogen-bond donors (Lipinski definition) is 0. The predicted molar refractivity (Wildman–Crippen MR) is 269 cm³/mol. The minimum atomic E-state index is -0.400. The first kappa shape index (κ1) is 36.4. The standard InChI is InChI=1S/C63H41N/c1-2-18-42(19-3-1)45-22-16-23-46(40-45)64(47-37-36-43-20-4-5-21-44(43)41-47)61-39-38-51(49-25-8-9-29-54(49)61)48-24-6-7-26-50(48)55-31-17-35-60-62(55)56-30-12-15-34-59(56)63(60)57-32-13-10-27-52(57)53-28-11-14-33-58(53)63/h1-41H. The van der Waals surface area contributed by atoms with Crippen LogP contribution in [0.1, 0.15) is 22.3 Å². The van der Waals surface area contributed by atoms with Crippen LogP contribution in [0.2, 0.25) is 0 Å². The van der Waals surface area contributed by atoms with Crippen molar-refractivity contribution in [3.8, 4) is 55.6 Å². The fourth-order valence-electron chi connectivity index (χ4n) is 11.2. The maximum atomic E-state index is 2.44. The van der Waals surface area contributed by atoms with Crippen LogP contribution >= 0.6 is 0 Å². The third-order valence-corrected chi connectivity index (χ3v) is 13.9. The van der Waals surface area contributed by atoms with Crippen LogP contribution in [-0.2, 0) is 5.41 Å². The molecule has 0 radical (unpaired) electrons. The Morgan fingerprint density at radius 1 is 0.266 bits per heavy atom. The number of hydrogen-bond acceptors (Lipinski definition) is 1. The van der Waals surface area contributed by atoms with E-state index in [-0.39, 0.29) is 0 Å². The van der Waals surface area contributed by atoms with Crippen LogP contribution in [0.15, 0.2) is 249 Å². The van der Waals surface area contributed by atoms with Crippen molar-refractivity contribution in [3.63, 3.8) is 0 Å². The van der Waals surface area contributed by atoms with E-state index in [0.717, 1.165) is 17.1 Å². The van der Waals surface area contributed by atoms with Crippen LogP contribution in [0.3, 0.4) is 0 Å². The Kier molecular flexibility index (Phi) is 8.20. The van der Waals surface area contributed by atoms with Crippen molar-refractivity contribution in [2.24, 2.45) is 0 Å². The van der Waals surface area contributed by atoms with Gasteiger partial charge in [0.25, 0.3) is 0 Å². The minimum absolute atomic E-state index is 0.400. The molecule has 11 aromatic carbocycles. The van der Waals surface area contributed by atoms with Crippen molar-refractivity contribution >= 4 is 38.6 Å². The third kappa shape index (κ3) is 5.31. The van der Waals surface area contributed by atoms with Gasteiger partial charge in [-0.05, 0) is 124 Å². The molecule has 2 aliphatic carbocycles. The first-order valence-electron chi connectivity index (χ1n) is 22.3. The molecule has 0 atom stereocenters. The van der Waals surface area contributed by atoms with Crippen molar-refractivity contribution in [1.82, 2.24) is 0 Å². The van der Waals surface area contributed by atoms with Crippen LogP contribution in [0.5, 0.6) is 0 Å². The van der Waals surface area contributed by atoms with Crippen LogP contribution in [0.25, 0.3) is 77.2 Å². The summed E-state index contributed by atoms with van der Waals surface area (Å²) in [5.74, 6) is 0. The molecule has 2 aliphatic rings. The highest BCUT2D eigenvalue weighted by atomic mass is 15.1. The molecule has 0 aliphatic heterocycles. The number of anilines is 3. The average molecular weight is 812 g/mol.